The zero-order valence-electron chi connectivity index (χ0n) is 19.0. The Balaban J connectivity index is 1.50. The molecule has 170 valence electrons. The lowest BCUT2D eigenvalue weighted by Gasteiger charge is -2.32. The summed E-state index contributed by atoms with van der Waals surface area (Å²) in [6.07, 6.45) is 3.76. The molecule has 2 heterocycles. The van der Waals surface area contributed by atoms with Gasteiger partial charge in [-0.25, -0.2) is 8.42 Å². The second-order valence-electron chi connectivity index (χ2n) is 8.56. The molecule has 1 unspecified atom stereocenters. The van der Waals surface area contributed by atoms with E-state index in [1.54, 1.807) is 33.5 Å². The highest BCUT2D eigenvalue weighted by Gasteiger charge is 2.30. The zero-order valence-corrected chi connectivity index (χ0v) is 19.9. The van der Waals surface area contributed by atoms with Crippen molar-refractivity contribution < 1.29 is 13.2 Å². The number of rotatable bonds is 8. The molecule has 0 N–H and O–H groups in total. The number of aryl methyl sites for hydroxylation is 2. The van der Waals surface area contributed by atoms with Crippen LogP contribution in [0.25, 0.3) is 0 Å². The minimum absolute atomic E-state index is 0.113. The topological polar surface area (TPSA) is 75.5 Å². The van der Waals surface area contributed by atoms with Crippen LogP contribution >= 0.6 is 0 Å². The van der Waals surface area contributed by atoms with Crippen LogP contribution in [0.3, 0.4) is 0 Å². The average molecular weight is 447 g/mol. The number of carbonyl (C=O) groups excluding carboxylic acids is 1. The fourth-order valence-electron chi connectivity index (χ4n) is 4.32. The van der Waals surface area contributed by atoms with Crippen LogP contribution in [0.1, 0.15) is 42.6 Å². The molecule has 8 heteroatoms. The van der Waals surface area contributed by atoms with Gasteiger partial charge < -0.3 is 4.90 Å². The average Bonchev–Trinajstić information content (AvgIpc) is 3.02. The molecule has 0 spiro atoms. The predicted octanol–water partition coefficient (Wildman–Crippen LogP) is 2.92. The Morgan fingerprint density at radius 2 is 1.94 bits per heavy atom. The maximum absolute atomic E-state index is 12.9. The maximum Gasteiger partial charge on any atom is 0.243 e. The van der Waals surface area contributed by atoms with E-state index >= 15 is 0 Å². The van der Waals surface area contributed by atoms with E-state index < -0.39 is 10.0 Å². The van der Waals surface area contributed by atoms with E-state index in [0.717, 1.165) is 37.1 Å². The Labute approximate surface area is 186 Å². The van der Waals surface area contributed by atoms with E-state index in [9.17, 15) is 13.2 Å². The number of hydrogen-bond donors (Lipinski definition) is 0. The van der Waals surface area contributed by atoms with Gasteiger partial charge in [0.15, 0.2) is 0 Å². The third-order valence-corrected chi connectivity index (χ3v) is 8.29. The quantitative estimate of drug-likeness (QED) is 0.625. The van der Waals surface area contributed by atoms with E-state index in [-0.39, 0.29) is 11.8 Å². The second-order valence-corrected chi connectivity index (χ2v) is 10.5. The van der Waals surface area contributed by atoms with Crippen LogP contribution in [0.4, 0.5) is 0 Å². The van der Waals surface area contributed by atoms with Gasteiger partial charge in [0.05, 0.1) is 10.6 Å². The van der Waals surface area contributed by atoms with Crippen LogP contribution in [0.2, 0.25) is 0 Å². The van der Waals surface area contributed by atoms with Gasteiger partial charge in [-0.1, -0.05) is 18.2 Å². The van der Waals surface area contributed by atoms with Crippen molar-refractivity contribution in [1.29, 1.82) is 0 Å². The predicted molar refractivity (Wildman–Crippen MR) is 121 cm³/mol. The van der Waals surface area contributed by atoms with Gasteiger partial charge >= 0.3 is 0 Å². The lowest BCUT2D eigenvalue weighted by molar-refractivity contribution is -0.130. The van der Waals surface area contributed by atoms with Gasteiger partial charge in [0.25, 0.3) is 0 Å². The van der Waals surface area contributed by atoms with Gasteiger partial charge in [-0.3, -0.25) is 9.48 Å². The largest absolute Gasteiger partial charge is 0.345 e. The molecule has 1 fully saturated rings. The lowest BCUT2D eigenvalue weighted by Crippen LogP contribution is -2.40. The Hall–Kier alpha value is -2.19. The molecule has 3 rings (SSSR count). The number of likely N-dealkylation sites (N-methyl/N-ethyl adjacent to an activating group) is 1. The number of piperidine rings is 1. The third kappa shape index (κ3) is 5.54. The molecule has 1 aliphatic heterocycles. The van der Waals surface area contributed by atoms with E-state index in [1.165, 1.54) is 5.56 Å². The lowest BCUT2D eigenvalue weighted by atomic mass is 9.94. The summed E-state index contributed by atoms with van der Waals surface area (Å²) in [5.41, 5.74) is 3.36. The molecule has 1 aromatic heterocycles. The van der Waals surface area contributed by atoms with E-state index in [4.69, 9.17) is 0 Å². The summed E-state index contributed by atoms with van der Waals surface area (Å²) < 4.78 is 29.3. The van der Waals surface area contributed by atoms with Crippen molar-refractivity contribution in [2.45, 2.75) is 50.8 Å². The monoisotopic (exact) mass is 446 g/mol. The second kappa shape index (κ2) is 9.96. The highest BCUT2D eigenvalue weighted by Crippen LogP contribution is 2.26. The summed E-state index contributed by atoms with van der Waals surface area (Å²) >= 11 is 0. The summed E-state index contributed by atoms with van der Waals surface area (Å²) in [5.74, 6) is 0.328. The van der Waals surface area contributed by atoms with Crippen molar-refractivity contribution >= 4 is 15.9 Å². The normalized spacial score (nSPS) is 17.6. The Morgan fingerprint density at radius 3 is 2.58 bits per heavy atom. The van der Waals surface area contributed by atoms with E-state index in [0.29, 0.717) is 31.0 Å². The van der Waals surface area contributed by atoms with Crippen LogP contribution in [0.5, 0.6) is 0 Å². The Kier molecular flexibility index (Phi) is 7.54. The fraction of sp³-hybridized carbons (Fsp3) is 0.565. The number of hydrogen-bond acceptors (Lipinski definition) is 4. The van der Waals surface area contributed by atoms with Gasteiger partial charge in [0.2, 0.25) is 15.9 Å². The van der Waals surface area contributed by atoms with Gasteiger partial charge in [-0.15, -0.1) is 0 Å². The van der Waals surface area contributed by atoms with Gasteiger partial charge in [0.1, 0.15) is 0 Å². The van der Waals surface area contributed by atoms with Crippen LogP contribution in [0, 0.1) is 19.8 Å². The van der Waals surface area contributed by atoms with Crippen molar-refractivity contribution in [3.8, 4) is 0 Å². The fourth-order valence-corrected chi connectivity index (χ4v) is 5.90. The van der Waals surface area contributed by atoms with E-state index in [1.807, 2.05) is 31.8 Å². The van der Waals surface area contributed by atoms with Crippen molar-refractivity contribution in [1.82, 2.24) is 19.0 Å². The van der Waals surface area contributed by atoms with Crippen LogP contribution in [-0.4, -0.2) is 60.0 Å². The van der Waals surface area contributed by atoms with Crippen molar-refractivity contribution in [3.63, 3.8) is 0 Å². The summed E-state index contributed by atoms with van der Waals surface area (Å²) in [7, 11) is 0.315. The number of amides is 1. The third-order valence-electron chi connectivity index (χ3n) is 6.41. The first-order chi connectivity index (χ1) is 14.7. The molecule has 0 radical (unpaired) electrons. The summed E-state index contributed by atoms with van der Waals surface area (Å²) in [5, 5.41) is 4.44. The molecular formula is C23H34N4O3S. The maximum atomic E-state index is 12.9. The number of carbonyl (C=O) groups is 1. The van der Waals surface area contributed by atoms with Crippen LogP contribution in [-0.2, 0) is 28.3 Å². The molecule has 1 saturated heterocycles. The highest BCUT2D eigenvalue weighted by molar-refractivity contribution is 7.89. The molecule has 7 nitrogen and oxygen atoms in total. The molecule has 1 amide bonds. The summed E-state index contributed by atoms with van der Waals surface area (Å²) in [4.78, 5) is 14.8. The molecule has 0 aliphatic carbocycles. The first-order valence-electron chi connectivity index (χ1n) is 11.0. The van der Waals surface area contributed by atoms with Gasteiger partial charge in [-0.2, -0.15) is 9.40 Å². The van der Waals surface area contributed by atoms with E-state index in [2.05, 4.69) is 12.0 Å². The smallest absolute Gasteiger partial charge is 0.243 e. The standard InChI is InChI=1S/C23H34N4O3S/c1-18-22(19(2)26(4)24-18)14-16-25(3)23(28)13-12-20-9-8-15-27(17-20)31(29,30)21-10-6-5-7-11-21/h5-7,10-11,20H,8-9,12-17H2,1-4H3. The molecule has 1 aromatic carbocycles. The number of aromatic nitrogens is 2. The first kappa shape index (κ1) is 23.5. The van der Waals surface area contributed by atoms with Crippen LogP contribution < -0.4 is 0 Å². The summed E-state index contributed by atoms with van der Waals surface area (Å²) in [6.45, 7) is 5.75. The Bertz CT molecular complexity index is 1000. The number of benzene rings is 1. The van der Waals surface area contributed by atoms with Gasteiger partial charge in [-0.05, 0) is 63.1 Å². The van der Waals surface area contributed by atoms with Gasteiger partial charge in [0, 0.05) is 45.8 Å². The Morgan fingerprint density at radius 1 is 1.23 bits per heavy atom. The first-order valence-corrected chi connectivity index (χ1v) is 12.4. The minimum Gasteiger partial charge on any atom is -0.345 e. The van der Waals surface area contributed by atoms with Crippen LogP contribution in [0.15, 0.2) is 35.2 Å². The zero-order chi connectivity index (χ0) is 22.6. The molecule has 0 bridgehead atoms. The molecule has 2 aromatic rings. The van der Waals surface area contributed by atoms with Crippen molar-refractivity contribution in [2.24, 2.45) is 13.0 Å². The molecule has 31 heavy (non-hydrogen) atoms. The summed E-state index contributed by atoms with van der Waals surface area (Å²) in [6, 6.07) is 8.60. The number of sulfonamides is 1. The minimum atomic E-state index is -3.47. The highest BCUT2D eigenvalue weighted by atomic mass is 32.2. The van der Waals surface area contributed by atoms with Crippen molar-refractivity contribution in [3.05, 3.63) is 47.3 Å². The molecule has 1 atom stereocenters. The molecule has 1 aliphatic rings. The molecular weight excluding hydrogens is 412 g/mol. The van der Waals surface area contributed by atoms with Crippen molar-refractivity contribution in [2.75, 3.05) is 26.7 Å². The molecule has 0 saturated carbocycles. The SMILES string of the molecule is Cc1nn(C)c(C)c1CCN(C)C(=O)CCC1CCCN(S(=O)(=O)c2ccccc2)C1. The number of nitrogens with zero attached hydrogens (tertiary/aromatic N) is 4.